The Balaban J connectivity index is 2.28. The molecular weight excluding hydrogens is 340 g/mol. The molecule has 0 aliphatic rings. The zero-order chi connectivity index (χ0) is 18.2. The van der Waals surface area contributed by atoms with Crippen LogP contribution in [0.25, 0.3) is 0 Å². The van der Waals surface area contributed by atoms with Gasteiger partial charge < -0.3 is 14.7 Å². The third-order valence-corrected chi connectivity index (χ3v) is 4.55. The Bertz CT molecular complexity index is 722. The molecule has 0 fully saturated rings. The van der Waals surface area contributed by atoms with Crippen molar-refractivity contribution in [3.05, 3.63) is 58.1 Å². The molecule has 2 aromatic carbocycles. The predicted molar refractivity (Wildman–Crippen MR) is 98.3 cm³/mol. The summed E-state index contributed by atoms with van der Waals surface area (Å²) in [7, 11) is 3.94. The molecule has 0 aliphatic carbocycles. The number of ether oxygens (including phenoxy) is 1. The summed E-state index contributed by atoms with van der Waals surface area (Å²) in [5.41, 5.74) is 1.14. The smallest absolute Gasteiger partial charge is 0.283 e. The minimum Gasteiger partial charge on any atom is -0.493 e. The van der Waals surface area contributed by atoms with Crippen LogP contribution in [0, 0.1) is 10.1 Å². The number of benzene rings is 2. The van der Waals surface area contributed by atoms with Gasteiger partial charge in [-0.3, -0.25) is 10.1 Å². The van der Waals surface area contributed by atoms with Gasteiger partial charge in [-0.15, -0.1) is 0 Å². The molecule has 0 spiro atoms. The molecule has 2 aromatic rings. The Hall–Kier alpha value is -2.09. The minimum atomic E-state index is -0.361. The first kappa shape index (κ1) is 19.2. The summed E-state index contributed by atoms with van der Waals surface area (Å²) >= 11 is 1.38. The highest BCUT2D eigenvalue weighted by molar-refractivity contribution is 7.99. The van der Waals surface area contributed by atoms with Crippen LogP contribution in [0.4, 0.5) is 5.69 Å². The summed E-state index contributed by atoms with van der Waals surface area (Å²) < 4.78 is 5.64. The summed E-state index contributed by atoms with van der Waals surface area (Å²) in [5.74, 6) is 0.734. The van der Waals surface area contributed by atoms with Crippen LogP contribution in [0.1, 0.15) is 12.0 Å². The quantitative estimate of drug-likeness (QED) is 0.417. The van der Waals surface area contributed by atoms with Gasteiger partial charge in [-0.05, 0) is 43.9 Å². The third-order valence-electron chi connectivity index (χ3n) is 3.37. The van der Waals surface area contributed by atoms with Crippen molar-refractivity contribution in [1.82, 2.24) is 4.90 Å². The van der Waals surface area contributed by atoms with E-state index in [1.54, 1.807) is 18.2 Å². The van der Waals surface area contributed by atoms with Crippen LogP contribution in [0.2, 0.25) is 0 Å². The first-order valence-corrected chi connectivity index (χ1v) is 8.75. The van der Waals surface area contributed by atoms with E-state index in [0.29, 0.717) is 24.5 Å². The van der Waals surface area contributed by atoms with E-state index < -0.39 is 0 Å². The van der Waals surface area contributed by atoms with Crippen molar-refractivity contribution < 1.29 is 14.8 Å². The van der Waals surface area contributed by atoms with E-state index in [2.05, 4.69) is 0 Å². The second-order valence-electron chi connectivity index (χ2n) is 5.76. The number of rotatable bonds is 9. The van der Waals surface area contributed by atoms with Gasteiger partial charge in [-0.1, -0.05) is 23.9 Å². The molecule has 134 valence electrons. The molecule has 0 bridgehead atoms. The summed E-state index contributed by atoms with van der Waals surface area (Å²) in [5, 5.41) is 20.1. The van der Waals surface area contributed by atoms with Crippen LogP contribution in [0.15, 0.2) is 52.3 Å². The fourth-order valence-electron chi connectivity index (χ4n) is 2.28. The zero-order valence-corrected chi connectivity index (χ0v) is 15.2. The van der Waals surface area contributed by atoms with Crippen molar-refractivity contribution in [3.8, 4) is 5.75 Å². The number of aliphatic hydroxyl groups is 1. The molecule has 0 unspecified atom stereocenters. The normalized spacial score (nSPS) is 10.9. The molecule has 0 heterocycles. The molecule has 0 radical (unpaired) electrons. The average Bonchev–Trinajstić information content (AvgIpc) is 2.57. The SMILES string of the molecule is CN(C)Cc1cc(OCCCO)ccc1Sc1ccccc1[N+](=O)[O-]. The lowest BCUT2D eigenvalue weighted by Gasteiger charge is -2.16. The molecule has 25 heavy (non-hydrogen) atoms. The summed E-state index contributed by atoms with van der Waals surface area (Å²) in [6, 6.07) is 12.5. The van der Waals surface area contributed by atoms with E-state index >= 15 is 0 Å². The highest BCUT2D eigenvalue weighted by Crippen LogP contribution is 2.37. The molecule has 0 amide bonds. The maximum absolute atomic E-state index is 11.2. The van der Waals surface area contributed by atoms with Gasteiger partial charge in [0.15, 0.2) is 0 Å². The number of para-hydroxylation sites is 1. The molecule has 0 saturated heterocycles. The molecule has 7 heteroatoms. The molecule has 0 atom stereocenters. The monoisotopic (exact) mass is 362 g/mol. The number of hydrogen-bond donors (Lipinski definition) is 1. The number of aliphatic hydroxyl groups excluding tert-OH is 1. The van der Waals surface area contributed by atoms with Crippen molar-refractivity contribution in [2.24, 2.45) is 0 Å². The van der Waals surface area contributed by atoms with E-state index in [-0.39, 0.29) is 17.2 Å². The summed E-state index contributed by atoms with van der Waals surface area (Å²) in [4.78, 5) is 14.5. The van der Waals surface area contributed by atoms with E-state index in [4.69, 9.17) is 9.84 Å². The van der Waals surface area contributed by atoms with Gasteiger partial charge in [0.2, 0.25) is 0 Å². The number of hydrogen-bond acceptors (Lipinski definition) is 6. The fraction of sp³-hybridized carbons (Fsp3) is 0.333. The lowest BCUT2D eigenvalue weighted by molar-refractivity contribution is -0.387. The van der Waals surface area contributed by atoms with Crippen molar-refractivity contribution >= 4 is 17.4 Å². The van der Waals surface area contributed by atoms with Crippen molar-refractivity contribution in [3.63, 3.8) is 0 Å². The lowest BCUT2D eigenvalue weighted by atomic mass is 10.2. The number of nitro groups is 1. The molecular formula is C18H22N2O4S. The summed E-state index contributed by atoms with van der Waals surface area (Å²) in [6.45, 7) is 1.24. The molecule has 0 saturated carbocycles. The van der Waals surface area contributed by atoms with Crippen LogP contribution in [0.5, 0.6) is 5.75 Å². The van der Waals surface area contributed by atoms with Gasteiger partial charge in [0, 0.05) is 30.5 Å². The Kier molecular flexibility index (Phi) is 7.24. The van der Waals surface area contributed by atoms with Gasteiger partial charge in [-0.2, -0.15) is 0 Å². The number of nitro benzene ring substituents is 1. The minimum absolute atomic E-state index is 0.0934. The van der Waals surface area contributed by atoms with Gasteiger partial charge in [0.05, 0.1) is 16.4 Å². The van der Waals surface area contributed by atoms with Crippen LogP contribution in [-0.2, 0) is 6.54 Å². The van der Waals surface area contributed by atoms with Crippen molar-refractivity contribution in [1.29, 1.82) is 0 Å². The van der Waals surface area contributed by atoms with Crippen molar-refractivity contribution in [2.45, 2.75) is 22.8 Å². The van der Waals surface area contributed by atoms with Gasteiger partial charge >= 0.3 is 0 Å². The maximum atomic E-state index is 11.2. The van der Waals surface area contributed by atoms with Crippen LogP contribution in [-0.4, -0.2) is 42.2 Å². The number of nitrogens with zero attached hydrogens (tertiary/aromatic N) is 2. The summed E-state index contributed by atoms with van der Waals surface area (Å²) in [6.07, 6.45) is 0.579. The van der Waals surface area contributed by atoms with Gasteiger partial charge in [-0.25, -0.2) is 0 Å². The Morgan fingerprint density at radius 2 is 1.96 bits per heavy atom. The standard InChI is InChI=1S/C18H22N2O4S/c1-19(2)13-14-12-15(24-11-5-10-21)8-9-17(14)25-18-7-4-3-6-16(18)20(22)23/h3-4,6-9,12,21H,5,10-11,13H2,1-2H3. The van der Waals surface area contributed by atoms with Gasteiger partial charge in [0.1, 0.15) is 5.75 Å². The largest absolute Gasteiger partial charge is 0.493 e. The molecule has 1 N–H and O–H groups in total. The molecule has 0 aliphatic heterocycles. The maximum Gasteiger partial charge on any atom is 0.283 e. The second-order valence-corrected chi connectivity index (χ2v) is 6.84. The lowest BCUT2D eigenvalue weighted by Crippen LogP contribution is -2.11. The van der Waals surface area contributed by atoms with Gasteiger partial charge in [0.25, 0.3) is 5.69 Å². The third kappa shape index (κ3) is 5.74. The molecule has 0 aromatic heterocycles. The van der Waals surface area contributed by atoms with E-state index in [0.717, 1.165) is 16.2 Å². The van der Waals surface area contributed by atoms with Crippen LogP contribution < -0.4 is 4.74 Å². The zero-order valence-electron chi connectivity index (χ0n) is 14.3. The Morgan fingerprint density at radius 3 is 2.64 bits per heavy atom. The van der Waals surface area contributed by atoms with Crippen LogP contribution in [0.3, 0.4) is 0 Å². The topological polar surface area (TPSA) is 75.8 Å². The second kappa shape index (κ2) is 9.41. The Morgan fingerprint density at radius 1 is 1.20 bits per heavy atom. The Labute approximate surface area is 151 Å². The molecule has 6 nitrogen and oxygen atoms in total. The highest BCUT2D eigenvalue weighted by Gasteiger charge is 2.16. The van der Waals surface area contributed by atoms with E-state index in [1.807, 2.05) is 37.2 Å². The predicted octanol–water partition coefficient (Wildman–Crippen LogP) is 3.57. The highest BCUT2D eigenvalue weighted by atomic mass is 32.2. The van der Waals surface area contributed by atoms with Crippen LogP contribution >= 0.6 is 11.8 Å². The average molecular weight is 362 g/mol. The van der Waals surface area contributed by atoms with E-state index in [9.17, 15) is 10.1 Å². The first-order valence-electron chi connectivity index (χ1n) is 7.94. The first-order chi connectivity index (χ1) is 12.0. The fourth-order valence-corrected chi connectivity index (χ4v) is 3.30. The van der Waals surface area contributed by atoms with E-state index in [1.165, 1.54) is 17.8 Å². The molecule has 2 rings (SSSR count). The van der Waals surface area contributed by atoms with Crippen molar-refractivity contribution in [2.75, 3.05) is 27.3 Å².